The van der Waals surface area contributed by atoms with Gasteiger partial charge in [0, 0.05) is 27.8 Å². The Balaban J connectivity index is 1.94. The molecule has 110 valence electrons. The van der Waals surface area contributed by atoms with Gasteiger partial charge in [-0.05, 0) is 31.0 Å². The van der Waals surface area contributed by atoms with E-state index in [1.807, 2.05) is 0 Å². The zero-order valence-corrected chi connectivity index (χ0v) is 12.7. The van der Waals surface area contributed by atoms with Gasteiger partial charge in [0.05, 0.1) is 0 Å². The molecule has 0 radical (unpaired) electrons. The highest BCUT2D eigenvalue weighted by atomic mass is 35.5. The lowest BCUT2D eigenvalue weighted by molar-refractivity contribution is 0.245. The molecule has 20 heavy (non-hydrogen) atoms. The van der Waals surface area contributed by atoms with E-state index in [-0.39, 0.29) is 18.1 Å². The van der Waals surface area contributed by atoms with Gasteiger partial charge in [0.1, 0.15) is 0 Å². The first-order chi connectivity index (χ1) is 9.54. The summed E-state index contributed by atoms with van der Waals surface area (Å²) in [6.45, 7) is 0. The topological polar surface area (TPSA) is 67.1 Å². The Hall–Kier alpha value is -0.970. The van der Waals surface area contributed by atoms with E-state index in [4.69, 9.17) is 28.9 Å². The number of nitrogens with two attached hydrogens (primary N) is 1. The van der Waals surface area contributed by atoms with Crippen molar-refractivity contribution in [1.82, 2.24) is 5.32 Å². The molecule has 1 fully saturated rings. The molecule has 1 aliphatic carbocycles. The molecule has 2 amide bonds. The molecule has 0 heterocycles. The maximum Gasteiger partial charge on any atom is 0.319 e. The van der Waals surface area contributed by atoms with Crippen LogP contribution in [-0.4, -0.2) is 18.1 Å². The number of carbonyl (C=O) groups is 1. The van der Waals surface area contributed by atoms with Crippen molar-refractivity contribution in [2.24, 2.45) is 5.73 Å². The fraction of sp³-hybridized carbons (Fsp3) is 0.500. The molecule has 0 spiro atoms. The highest BCUT2D eigenvalue weighted by Gasteiger charge is 2.21. The Morgan fingerprint density at radius 1 is 1.10 bits per heavy atom. The normalized spacial score (nSPS) is 22.9. The van der Waals surface area contributed by atoms with Crippen LogP contribution in [0.3, 0.4) is 0 Å². The molecule has 1 aromatic rings. The lowest BCUT2D eigenvalue weighted by atomic mass is 10.0. The van der Waals surface area contributed by atoms with Gasteiger partial charge in [-0.25, -0.2) is 4.79 Å². The second kappa shape index (κ2) is 7.16. The van der Waals surface area contributed by atoms with Crippen LogP contribution in [0.5, 0.6) is 0 Å². The molecule has 0 saturated heterocycles. The standard InChI is InChI=1S/C14H19Cl2N3O/c15-9-6-10(16)8-11(7-9)18-14(20)19-13-5-3-1-2-4-12(13)17/h6-8,12-13H,1-5,17H2,(H2,18,19,20). The monoisotopic (exact) mass is 315 g/mol. The summed E-state index contributed by atoms with van der Waals surface area (Å²) in [5.74, 6) is 0. The molecular weight excluding hydrogens is 297 g/mol. The van der Waals surface area contributed by atoms with Crippen molar-refractivity contribution in [3.63, 3.8) is 0 Å². The SMILES string of the molecule is NC1CCCCCC1NC(=O)Nc1cc(Cl)cc(Cl)c1. The van der Waals surface area contributed by atoms with Gasteiger partial charge in [-0.15, -0.1) is 0 Å². The zero-order valence-electron chi connectivity index (χ0n) is 11.2. The Bertz CT molecular complexity index is 461. The van der Waals surface area contributed by atoms with E-state index in [1.54, 1.807) is 18.2 Å². The quantitative estimate of drug-likeness (QED) is 0.727. The van der Waals surface area contributed by atoms with Crippen LogP contribution in [0.4, 0.5) is 10.5 Å². The minimum atomic E-state index is -0.273. The molecule has 0 aromatic heterocycles. The molecular formula is C14H19Cl2N3O. The lowest BCUT2D eigenvalue weighted by Gasteiger charge is -2.22. The minimum absolute atomic E-state index is 0.0196. The lowest BCUT2D eigenvalue weighted by Crippen LogP contribution is -2.48. The molecule has 6 heteroatoms. The Morgan fingerprint density at radius 3 is 2.45 bits per heavy atom. The van der Waals surface area contributed by atoms with Gasteiger partial charge in [0.15, 0.2) is 0 Å². The summed E-state index contributed by atoms with van der Waals surface area (Å²) in [4.78, 5) is 12.0. The smallest absolute Gasteiger partial charge is 0.319 e. The van der Waals surface area contributed by atoms with Crippen molar-refractivity contribution in [2.45, 2.75) is 44.2 Å². The number of nitrogens with one attached hydrogen (secondary N) is 2. The van der Waals surface area contributed by atoms with E-state index < -0.39 is 0 Å². The zero-order chi connectivity index (χ0) is 14.5. The van der Waals surface area contributed by atoms with Crippen LogP contribution >= 0.6 is 23.2 Å². The molecule has 2 unspecified atom stereocenters. The number of benzene rings is 1. The van der Waals surface area contributed by atoms with Gasteiger partial charge in [-0.2, -0.15) is 0 Å². The first kappa shape index (κ1) is 15.4. The fourth-order valence-electron chi connectivity index (χ4n) is 2.48. The first-order valence-electron chi connectivity index (χ1n) is 6.84. The van der Waals surface area contributed by atoms with Crippen LogP contribution in [0.25, 0.3) is 0 Å². The van der Waals surface area contributed by atoms with E-state index in [9.17, 15) is 4.79 Å². The van der Waals surface area contributed by atoms with Gasteiger partial charge in [0.2, 0.25) is 0 Å². The number of urea groups is 1. The predicted octanol–water partition coefficient (Wildman–Crippen LogP) is 3.77. The molecule has 2 atom stereocenters. The number of hydrogen-bond acceptors (Lipinski definition) is 2. The summed E-state index contributed by atoms with van der Waals surface area (Å²) in [6.07, 6.45) is 5.28. The largest absolute Gasteiger partial charge is 0.334 e. The van der Waals surface area contributed by atoms with Crippen LogP contribution < -0.4 is 16.4 Å². The maximum absolute atomic E-state index is 12.0. The van der Waals surface area contributed by atoms with E-state index in [0.29, 0.717) is 15.7 Å². The Morgan fingerprint density at radius 2 is 1.75 bits per heavy atom. The molecule has 1 aromatic carbocycles. The van der Waals surface area contributed by atoms with Crippen molar-refractivity contribution in [1.29, 1.82) is 0 Å². The third kappa shape index (κ3) is 4.54. The van der Waals surface area contributed by atoms with E-state index in [2.05, 4.69) is 10.6 Å². The van der Waals surface area contributed by atoms with Gasteiger partial charge in [0.25, 0.3) is 0 Å². The fourth-order valence-corrected chi connectivity index (χ4v) is 3.00. The highest BCUT2D eigenvalue weighted by Crippen LogP contribution is 2.22. The highest BCUT2D eigenvalue weighted by molar-refractivity contribution is 6.35. The number of carbonyl (C=O) groups excluding carboxylic acids is 1. The van der Waals surface area contributed by atoms with Gasteiger partial charge >= 0.3 is 6.03 Å². The van der Waals surface area contributed by atoms with Crippen LogP contribution in [-0.2, 0) is 0 Å². The van der Waals surface area contributed by atoms with Crippen molar-refractivity contribution >= 4 is 34.9 Å². The van der Waals surface area contributed by atoms with Gasteiger partial charge < -0.3 is 16.4 Å². The van der Waals surface area contributed by atoms with Crippen LogP contribution in [0, 0.1) is 0 Å². The molecule has 0 aliphatic heterocycles. The second-order valence-corrected chi connectivity index (χ2v) is 6.04. The molecule has 1 aliphatic rings. The minimum Gasteiger partial charge on any atom is -0.334 e. The van der Waals surface area contributed by atoms with Gasteiger partial charge in [-0.3, -0.25) is 0 Å². The Labute approximate surface area is 129 Å². The average Bonchev–Trinajstić information content (AvgIpc) is 2.53. The van der Waals surface area contributed by atoms with E-state index in [0.717, 1.165) is 25.7 Å². The third-order valence-electron chi connectivity index (χ3n) is 3.51. The summed E-state index contributed by atoms with van der Waals surface area (Å²) < 4.78 is 0. The molecule has 0 bridgehead atoms. The molecule has 1 saturated carbocycles. The third-order valence-corrected chi connectivity index (χ3v) is 3.94. The van der Waals surface area contributed by atoms with Crippen molar-refractivity contribution < 1.29 is 4.79 Å². The van der Waals surface area contributed by atoms with Crippen molar-refractivity contribution in [3.05, 3.63) is 28.2 Å². The van der Waals surface area contributed by atoms with Crippen LogP contribution in [0.2, 0.25) is 10.0 Å². The summed E-state index contributed by atoms with van der Waals surface area (Å²) in [6, 6.07) is 4.69. The summed E-state index contributed by atoms with van der Waals surface area (Å²) >= 11 is 11.8. The van der Waals surface area contributed by atoms with Crippen molar-refractivity contribution in [3.8, 4) is 0 Å². The number of hydrogen-bond donors (Lipinski definition) is 3. The number of rotatable bonds is 2. The van der Waals surface area contributed by atoms with Crippen LogP contribution in [0.1, 0.15) is 32.1 Å². The molecule has 4 N–H and O–H groups in total. The number of anilines is 1. The first-order valence-corrected chi connectivity index (χ1v) is 7.59. The van der Waals surface area contributed by atoms with E-state index >= 15 is 0 Å². The molecule has 2 rings (SSSR count). The second-order valence-electron chi connectivity index (χ2n) is 5.16. The summed E-state index contributed by atoms with van der Waals surface area (Å²) in [7, 11) is 0. The predicted molar refractivity (Wildman–Crippen MR) is 83.5 cm³/mol. The summed E-state index contributed by atoms with van der Waals surface area (Å²) in [5, 5.41) is 6.64. The number of amides is 2. The van der Waals surface area contributed by atoms with Gasteiger partial charge in [-0.1, -0.05) is 42.5 Å². The van der Waals surface area contributed by atoms with Crippen LogP contribution in [0.15, 0.2) is 18.2 Å². The maximum atomic E-state index is 12.0. The van der Waals surface area contributed by atoms with E-state index in [1.165, 1.54) is 6.42 Å². The summed E-state index contributed by atoms with van der Waals surface area (Å²) in [5.41, 5.74) is 6.66. The molecule has 4 nitrogen and oxygen atoms in total. The number of halogens is 2. The van der Waals surface area contributed by atoms with Crippen molar-refractivity contribution in [2.75, 3.05) is 5.32 Å². The average molecular weight is 316 g/mol. The Kier molecular flexibility index (Phi) is 5.52.